The molecule has 19 heavy (non-hydrogen) atoms. The third-order valence-electron chi connectivity index (χ3n) is 4.00. The van der Waals surface area contributed by atoms with Crippen LogP contribution >= 0.6 is 15.9 Å². The van der Waals surface area contributed by atoms with Gasteiger partial charge in [0, 0.05) is 6.54 Å². The molecule has 0 radical (unpaired) electrons. The van der Waals surface area contributed by atoms with Gasteiger partial charge in [0.1, 0.15) is 11.4 Å². The molecule has 3 heterocycles. The molecular weight excluding hydrogens is 310 g/mol. The first-order valence-electron chi connectivity index (χ1n) is 6.38. The number of hydrogen-bond donors (Lipinski definition) is 1. The largest absolute Gasteiger partial charge is 0.326 e. The van der Waals surface area contributed by atoms with Gasteiger partial charge in [-0.1, -0.05) is 0 Å². The van der Waals surface area contributed by atoms with Gasteiger partial charge < -0.3 is 10.2 Å². The molecule has 3 rings (SSSR count). The molecule has 2 aliphatic rings. The highest BCUT2D eigenvalue weighted by Crippen LogP contribution is 2.32. The third-order valence-corrected chi connectivity index (χ3v) is 4.57. The van der Waals surface area contributed by atoms with Gasteiger partial charge in [-0.15, -0.1) is 0 Å². The highest BCUT2D eigenvalue weighted by atomic mass is 79.9. The maximum atomic E-state index is 12.4. The van der Waals surface area contributed by atoms with Gasteiger partial charge in [0.15, 0.2) is 0 Å². The Hall–Kier alpha value is -1.14. The van der Waals surface area contributed by atoms with Crippen LogP contribution in [0.2, 0.25) is 0 Å². The summed E-state index contributed by atoms with van der Waals surface area (Å²) < 4.78 is 2.17. The van der Waals surface area contributed by atoms with Crippen molar-refractivity contribution in [1.82, 2.24) is 14.8 Å². The molecule has 1 N–H and O–H groups in total. The van der Waals surface area contributed by atoms with Crippen molar-refractivity contribution in [2.45, 2.75) is 25.4 Å². The molecule has 1 spiro atoms. The summed E-state index contributed by atoms with van der Waals surface area (Å²) in [7, 11) is 2.01. The van der Waals surface area contributed by atoms with E-state index in [1.54, 1.807) is 10.6 Å². The Morgan fingerprint density at radius 1 is 1.42 bits per heavy atom. The lowest BCUT2D eigenvalue weighted by Gasteiger charge is -2.39. The van der Waals surface area contributed by atoms with Crippen molar-refractivity contribution in [2.24, 2.45) is 0 Å². The highest BCUT2D eigenvalue weighted by Gasteiger charge is 2.46. The minimum Gasteiger partial charge on any atom is -0.326 e. The van der Waals surface area contributed by atoms with Crippen LogP contribution in [0.5, 0.6) is 0 Å². The van der Waals surface area contributed by atoms with E-state index >= 15 is 0 Å². The highest BCUT2D eigenvalue weighted by molar-refractivity contribution is 9.10. The van der Waals surface area contributed by atoms with Crippen LogP contribution in [0.25, 0.3) is 0 Å². The van der Waals surface area contributed by atoms with Gasteiger partial charge in [-0.3, -0.25) is 14.2 Å². The van der Waals surface area contributed by atoms with Crippen molar-refractivity contribution >= 4 is 21.8 Å². The van der Waals surface area contributed by atoms with E-state index in [-0.39, 0.29) is 11.5 Å². The predicted octanol–water partition coefficient (Wildman–Crippen LogP) is 1.04. The molecule has 6 heteroatoms. The number of pyridine rings is 1. The van der Waals surface area contributed by atoms with Crippen LogP contribution in [0.15, 0.2) is 15.3 Å². The topological polar surface area (TPSA) is 54.3 Å². The number of nitrogens with one attached hydrogen (secondary N) is 1. The summed E-state index contributed by atoms with van der Waals surface area (Å²) in [6.45, 7) is 3.53. The van der Waals surface area contributed by atoms with E-state index in [1.165, 1.54) is 0 Å². The zero-order valence-corrected chi connectivity index (χ0v) is 12.6. The molecule has 102 valence electrons. The molecule has 1 aromatic rings. The summed E-state index contributed by atoms with van der Waals surface area (Å²) >= 11 is 3.30. The van der Waals surface area contributed by atoms with Crippen molar-refractivity contribution in [1.29, 1.82) is 0 Å². The Bertz CT molecular complexity index is 625. The first-order chi connectivity index (χ1) is 8.94. The number of likely N-dealkylation sites (N-methyl/N-ethyl adjacent to an activating group) is 1. The number of piperidine rings is 1. The number of amides is 1. The molecule has 1 saturated heterocycles. The fraction of sp³-hybridized carbons (Fsp3) is 0.538. The number of fused-ring (bicyclic) bond motifs is 2. The minimum atomic E-state index is -0.578. The molecule has 1 unspecified atom stereocenters. The molecule has 0 aromatic carbocycles. The number of aromatic nitrogens is 1. The first-order valence-corrected chi connectivity index (χ1v) is 7.18. The second kappa shape index (κ2) is 4.18. The van der Waals surface area contributed by atoms with Crippen molar-refractivity contribution in [3.05, 3.63) is 32.2 Å². The normalized spacial score (nSPS) is 26.6. The zero-order valence-electron chi connectivity index (χ0n) is 11.0. The Morgan fingerprint density at radius 2 is 2.16 bits per heavy atom. The Morgan fingerprint density at radius 3 is 2.84 bits per heavy atom. The second-order valence-electron chi connectivity index (χ2n) is 5.49. The van der Waals surface area contributed by atoms with E-state index in [4.69, 9.17) is 0 Å². The molecule has 0 bridgehead atoms. The van der Waals surface area contributed by atoms with Gasteiger partial charge in [-0.2, -0.15) is 0 Å². The fourth-order valence-electron chi connectivity index (χ4n) is 3.25. The van der Waals surface area contributed by atoms with Crippen LogP contribution in [-0.4, -0.2) is 35.5 Å². The van der Waals surface area contributed by atoms with Crippen molar-refractivity contribution in [2.75, 3.05) is 20.1 Å². The standard InChI is InChI=1S/C13H16BrN3O2/c1-8-6-9(14)12(19)17-10(8)11(18)15-13(17)4-3-5-16(2)7-13/h6H,3-5,7H2,1-2H3,(H,15,18). The monoisotopic (exact) mass is 325 g/mol. The van der Waals surface area contributed by atoms with E-state index < -0.39 is 5.66 Å². The van der Waals surface area contributed by atoms with Crippen LogP contribution < -0.4 is 10.9 Å². The Kier molecular flexibility index (Phi) is 2.83. The summed E-state index contributed by atoms with van der Waals surface area (Å²) in [4.78, 5) is 26.8. The summed E-state index contributed by atoms with van der Waals surface area (Å²) in [5.74, 6) is -0.141. The van der Waals surface area contributed by atoms with Crippen LogP contribution in [0.3, 0.4) is 0 Å². The van der Waals surface area contributed by atoms with Crippen molar-refractivity contribution in [3.63, 3.8) is 0 Å². The van der Waals surface area contributed by atoms with Crippen molar-refractivity contribution in [3.8, 4) is 0 Å². The van der Waals surface area contributed by atoms with Gasteiger partial charge in [0.25, 0.3) is 11.5 Å². The smallest absolute Gasteiger partial charge is 0.270 e. The third kappa shape index (κ3) is 1.77. The molecule has 1 aromatic heterocycles. The summed E-state index contributed by atoms with van der Waals surface area (Å²) in [6.07, 6.45) is 1.76. The zero-order chi connectivity index (χ0) is 13.8. The SMILES string of the molecule is Cc1cc(Br)c(=O)n2c1C(=O)NC21CCCN(C)C1. The fourth-order valence-corrected chi connectivity index (χ4v) is 3.77. The minimum absolute atomic E-state index is 0.130. The molecule has 2 aliphatic heterocycles. The second-order valence-corrected chi connectivity index (χ2v) is 6.35. The van der Waals surface area contributed by atoms with Crippen molar-refractivity contribution < 1.29 is 4.79 Å². The Labute approximate surface area is 119 Å². The lowest BCUT2D eigenvalue weighted by molar-refractivity contribution is 0.0754. The number of hydrogen-bond acceptors (Lipinski definition) is 3. The number of carbonyl (C=O) groups is 1. The average Bonchev–Trinajstić information content (AvgIpc) is 2.59. The van der Waals surface area contributed by atoms with Gasteiger partial charge >= 0.3 is 0 Å². The number of aryl methyl sites for hydroxylation is 1. The number of halogens is 1. The van der Waals surface area contributed by atoms with E-state index in [2.05, 4.69) is 26.1 Å². The first kappa shape index (κ1) is 12.9. The van der Waals surface area contributed by atoms with Gasteiger partial charge in [0.2, 0.25) is 0 Å². The molecular formula is C13H16BrN3O2. The van der Waals surface area contributed by atoms with E-state index in [9.17, 15) is 9.59 Å². The number of likely N-dealkylation sites (tertiary alicyclic amines) is 1. The predicted molar refractivity (Wildman–Crippen MR) is 75.3 cm³/mol. The molecule has 0 saturated carbocycles. The lowest BCUT2D eigenvalue weighted by Crippen LogP contribution is -2.57. The average molecular weight is 326 g/mol. The summed E-state index contributed by atoms with van der Waals surface area (Å²) in [6, 6.07) is 1.72. The molecule has 5 nitrogen and oxygen atoms in total. The number of nitrogens with zero attached hydrogens (tertiary/aromatic N) is 2. The Balaban J connectivity index is 2.26. The van der Waals surface area contributed by atoms with Crippen LogP contribution in [0.1, 0.15) is 28.9 Å². The van der Waals surface area contributed by atoms with E-state index in [1.807, 2.05) is 14.0 Å². The summed E-state index contributed by atoms with van der Waals surface area (Å²) in [5.41, 5.74) is 0.622. The lowest BCUT2D eigenvalue weighted by atomic mass is 9.98. The molecule has 0 aliphatic carbocycles. The van der Waals surface area contributed by atoms with Gasteiger partial charge in [-0.25, -0.2) is 0 Å². The van der Waals surface area contributed by atoms with Crippen LogP contribution in [0, 0.1) is 6.92 Å². The van der Waals surface area contributed by atoms with Gasteiger partial charge in [0.05, 0.1) is 4.47 Å². The molecule has 1 amide bonds. The molecule has 1 atom stereocenters. The summed E-state index contributed by atoms with van der Waals surface area (Å²) in [5, 5.41) is 3.04. The maximum absolute atomic E-state index is 12.4. The maximum Gasteiger partial charge on any atom is 0.270 e. The van der Waals surface area contributed by atoms with Gasteiger partial charge in [-0.05, 0) is 60.9 Å². The number of carbonyl (C=O) groups excluding carboxylic acids is 1. The quantitative estimate of drug-likeness (QED) is 0.775. The van der Waals surface area contributed by atoms with E-state index in [0.29, 0.717) is 16.7 Å². The molecule has 1 fully saturated rings. The van der Waals surface area contributed by atoms with Crippen LogP contribution in [0.4, 0.5) is 0 Å². The number of rotatable bonds is 0. The van der Waals surface area contributed by atoms with Crippen LogP contribution in [-0.2, 0) is 5.66 Å². The van der Waals surface area contributed by atoms with E-state index in [0.717, 1.165) is 24.9 Å².